The predicted molar refractivity (Wildman–Crippen MR) is 119 cm³/mol. The fraction of sp³-hybridized carbons (Fsp3) is 0.409. The number of terminal acetylenes is 1. The monoisotopic (exact) mass is 452 g/mol. The van der Waals surface area contributed by atoms with Gasteiger partial charge in [0.1, 0.15) is 16.3 Å². The predicted octanol–water partition coefficient (Wildman–Crippen LogP) is 5.67. The fourth-order valence-electron chi connectivity index (χ4n) is 2.25. The number of halogens is 3. The van der Waals surface area contributed by atoms with Crippen molar-refractivity contribution in [2.24, 2.45) is 0 Å². The molecule has 0 aliphatic rings. The van der Waals surface area contributed by atoms with Gasteiger partial charge in [-0.05, 0) is 51.3 Å². The topological polar surface area (TPSA) is 70.9 Å². The number of aromatic nitrogens is 3. The number of aliphatic hydroxyl groups is 1. The highest BCUT2D eigenvalue weighted by atomic mass is 32.1. The minimum atomic E-state index is -4.46. The summed E-state index contributed by atoms with van der Waals surface area (Å²) < 4.78 is 36.9. The minimum Gasteiger partial charge on any atom is -0.383 e. The Morgan fingerprint density at radius 1 is 1.32 bits per heavy atom. The first-order chi connectivity index (χ1) is 14.5. The zero-order valence-electron chi connectivity index (χ0n) is 18.0. The van der Waals surface area contributed by atoms with E-state index >= 15 is 0 Å². The van der Waals surface area contributed by atoms with E-state index in [0.717, 1.165) is 28.6 Å². The lowest BCUT2D eigenvalue weighted by atomic mass is 10.1. The van der Waals surface area contributed by atoms with Gasteiger partial charge in [0.25, 0.3) is 0 Å². The van der Waals surface area contributed by atoms with Crippen molar-refractivity contribution in [2.45, 2.75) is 52.3 Å². The van der Waals surface area contributed by atoms with Crippen molar-refractivity contribution >= 4 is 22.9 Å². The second-order valence-corrected chi connectivity index (χ2v) is 7.83. The summed E-state index contributed by atoms with van der Waals surface area (Å²) in [6.07, 6.45) is 10.4. The molecular weight excluding hydrogens is 425 g/mol. The molecule has 2 heterocycles. The van der Waals surface area contributed by atoms with Gasteiger partial charge in [0.15, 0.2) is 0 Å². The third kappa shape index (κ3) is 9.32. The van der Waals surface area contributed by atoms with Gasteiger partial charge in [-0.3, -0.25) is 0 Å². The van der Waals surface area contributed by atoms with Crippen LogP contribution in [-0.2, 0) is 11.8 Å². The normalized spacial score (nSPS) is 12.3. The summed E-state index contributed by atoms with van der Waals surface area (Å²) in [6, 6.07) is 0.823. The van der Waals surface area contributed by atoms with E-state index in [9.17, 15) is 18.3 Å². The number of rotatable bonds is 7. The van der Waals surface area contributed by atoms with Crippen LogP contribution in [0.15, 0.2) is 36.7 Å². The Morgan fingerprint density at radius 3 is 2.55 bits per heavy atom. The van der Waals surface area contributed by atoms with Crippen LogP contribution in [0.1, 0.15) is 56.1 Å². The number of nitrogens with zero attached hydrogens (tertiary/aromatic N) is 3. The highest BCUT2D eigenvalue weighted by molar-refractivity contribution is 7.12. The number of alkyl halides is 3. The molecule has 5 nitrogen and oxygen atoms in total. The molecule has 0 fully saturated rings. The highest BCUT2D eigenvalue weighted by Gasteiger charge is 2.32. The molecule has 2 aromatic heterocycles. The van der Waals surface area contributed by atoms with Crippen molar-refractivity contribution in [3.8, 4) is 12.3 Å². The Balaban J connectivity index is 0.000000316. The number of nitrogens with one attached hydrogen (secondary N) is 1. The van der Waals surface area contributed by atoms with Gasteiger partial charge < -0.3 is 10.4 Å². The van der Waals surface area contributed by atoms with Crippen LogP contribution in [0.25, 0.3) is 5.57 Å². The van der Waals surface area contributed by atoms with Gasteiger partial charge in [-0.25, -0.2) is 15.0 Å². The van der Waals surface area contributed by atoms with E-state index < -0.39 is 17.5 Å². The molecule has 2 aromatic rings. The van der Waals surface area contributed by atoms with Gasteiger partial charge in [-0.1, -0.05) is 25.0 Å². The van der Waals surface area contributed by atoms with Crippen LogP contribution >= 0.6 is 11.3 Å². The smallest absolute Gasteiger partial charge is 0.383 e. The van der Waals surface area contributed by atoms with Crippen LogP contribution in [-0.4, -0.2) is 26.6 Å². The largest absolute Gasteiger partial charge is 0.433 e. The molecule has 9 heteroatoms. The molecule has 0 aliphatic heterocycles. The lowest BCUT2D eigenvalue weighted by Crippen LogP contribution is -2.14. The Kier molecular flexibility index (Phi) is 10.4. The van der Waals surface area contributed by atoms with Crippen molar-refractivity contribution in [3.63, 3.8) is 0 Å². The van der Waals surface area contributed by atoms with E-state index in [1.165, 1.54) is 11.6 Å². The summed E-state index contributed by atoms with van der Waals surface area (Å²) in [5.41, 5.74) is -0.498. The van der Waals surface area contributed by atoms with Crippen molar-refractivity contribution < 1.29 is 18.3 Å². The molecule has 0 saturated heterocycles. The molecule has 0 bridgehead atoms. The third-order valence-corrected chi connectivity index (χ3v) is 5.21. The van der Waals surface area contributed by atoms with Gasteiger partial charge in [-0.2, -0.15) is 13.2 Å². The fourth-order valence-corrected chi connectivity index (χ4v) is 3.31. The van der Waals surface area contributed by atoms with Crippen molar-refractivity contribution in [3.05, 3.63) is 52.3 Å². The zero-order valence-corrected chi connectivity index (χ0v) is 18.8. The molecule has 168 valence electrons. The Morgan fingerprint density at radius 2 is 2.03 bits per heavy atom. The van der Waals surface area contributed by atoms with Gasteiger partial charge in [0.2, 0.25) is 5.95 Å². The first-order valence-electron chi connectivity index (χ1n) is 9.62. The molecule has 2 rings (SSSR count). The quantitative estimate of drug-likeness (QED) is 0.418. The number of anilines is 1. The molecule has 0 amide bonds. The maximum absolute atomic E-state index is 12.3. The average molecular weight is 453 g/mol. The number of thiazole rings is 1. The van der Waals surface area contributed by atoms with E-state index in [0.29, 0.717) is 13.0 Å². The molecule has 0 spiro atoms. The van der Waals surface area contributed by atoms with Crippen molar-refractivity contribution in [2.75, 3.05) is 11.9 Å². The summed E-state index contributed by atoms with van der Waals surface area (Å²) in [4.78, 5) is 12.4. The summed E-state index contributed by atoms with van der Waals surface area (Å²) in [5.74, 6) is 2.26. The maximum atomic E-state index is 12.3. The maximum Gasteiger partial charge on any atom is 0.433 e. The van der Waals surface area contributed by atoms with Gasteiger partial charge in [-0.15, -0.1) is 17.8 Å². The van der Waals surface area contributed by atoms with Crippen LogP contribution in [0.3, 0.4) is 0 Å². The van der Waals surface area contributed by atoms with Gasteiger partial charge in [0, 0.05) is 18.9 Å². The SMILES string of the molecule is C#C/C=C/CCNc1nccc(C(F)(F)F)n1.C/C=C(\CC)c1cnc(C(C)(C)O)s1. The standard InChI is InChI=1S/C11H10F3N3.C11H17NOS/c1-2-3-4-5-7-15-10-16-8-6-9(17-10)11(12,13)14;1-5-8(6-2)9-7-12-10(14-9)11(3,4)13/h1,3-4,6,8H,5,7H2,(H,15,16,17);5,7,13H,6H2,1-4H3/b4-3+;8-5+. The van der Waals surface area contributed by atoms with Crippen LogP contribution in [0, 0.1) is 12.3 Å². The number of allylic oxidation sites excluding steroid dienone is 3. The molecule has 0 aliphatic carbocycles. The second kappa shape index (κ2) is 12.2. The van der Waals surface area contributed by atoms with Crippen LogP contribution in [0.2, 0.25) is 0 Å². The van der Waals surface area contributed by atoms with E-state index in [-0.39, 0.29) is 5.95 Å². The lowest BCUT2D eigenvalue weighted by molar-refractivity contribution is -0.141. The first-order valence-corrected chi connectivity index (χ1v) is 10.4. The van der Waals surface area contributed by atoms with E-state index in [4.69, 9.17) is 6.42 Å². The molecule has 0 saturated carbocycles. The lowest BCUT2D eigenvalue weighted by Gasteiger charge is -2.12. The van der Waals surface area contributed by atoms with Crippen LogP contribution < -0.4 is 5.32 Å². The molecule has 2 N–H and O–H groups in total. The third-order valence-electron chi connectivity index (χ3n) is 3.83. The van der Waals surface area contributed by atoms with E-state index in [1.807, 2.05) is 13.1 Å². The Hall–Kier alpha value is -2.70. The van der Waals surface area contributed by atoms with E-state index in [1.54, 1.807) is 31.3 Å². The average Bonchev–Trinajstić information content (AvgIpc) is 3.19. The molecule has 0 aromatic carbocycles. The molecule has 0 unspecified atom stereocenters. The Bertz CT molecular complexity index is 922. The van der Waals surface area contributed by atoms with E-state index in [2.05, 4.69) is 39.2 Å². The molecule has 0 atom stereocenters. The summed E-state index contributed by atoms with van der Waals surface area (Å²) in [5, 5.41) is 13.2. The number of hydrogen-bond acceptors (Lipinski definition) is 6. The van der Waals surface area contributed by atoms with Gasteiger partial charge in [0.05, 0.1) is 4.88 Å². The number of hydrogen-bond donors (Lipinski definition) is 2. The molecular formula is C22H27F3N4OS. The Labute approximate surface area is 185 Å². The first kappa shape index (κ1) is 26.3. The summed E-state index contributed by atoms with van der Waals surface area (Å²) >= 11 is 1.57. The van der Waals surface area contributed by atoms with Crippen LogP contribution in [0.4, 0.5) is 19.1 Å². The van der Waals surface area contributed by atoms with Crippen molar-refractivity contribution in [1.29, 1.82) is 0 Å². The zero-order chi connectivity index (χ0) is 23.5. The minimum absolute atomic E-state index is 0.0473. The van der Waals surface area contributed by atoms with Gasteiger partial charge >= 0.3 is 6.18 Å². The molecule has 31 heavy (non-hydrogen) atoms. The molecule has 0 radical (unpaired) electrons. The van der Waals surface area contributed by atoms with Crippen molar-refractivity contribution in [1.82, 2.24) is 15.0 Å². The summed E-state index contributed by atoms with van der Waals surface area (Å²) in [6.45, 7) is 8.09. The summed E-state index contributed by atoms with van der Waals surface area (Å²) in [7, 11) is 0. The second-order valence-electron chi connectivity index (χ2n) is 6.80. The van der Waals surface area contributed by atoms with Crippen LogP contribution in [0.5, 0.6) is 0 Å². The highest BCUT2D eigenvalue weighted by Crippen LogP contribution is 2.30.